The molecule has 0 aliphatic carbocycles. The first-order valence-electron chi connectivity index (χ1n) is 8.00. The third kappa shape index (κ3) is 5.25. The van der Waals surface area contributed by atoms with E-state index in [9.17, 15) is 4.79 Å². The number of anilines is 3. The Bertz CT molecular complexity index is 840. The summed E-state index contributed by atoms with van der Waals surface area (Å²) in [5.74, 6) is 1.84. The van der Waals surface area contributed by atoms with E-state index in [0.29, 0.717) is 36.1 Å². The van der Waals surface area contributed by atoms with Gasteiger partial charge in [0.2, 0.25) is 0 Å². The molecule has 0 aliphatic rings. The van der Waals surface area contributed by atoms with Crippen LogP contribution in [0.4, 0.5) is 17.5 Å². The lowest BCUT2D eigenvalue weighted by atomic mass is 10.2. The van der Waals surface area contributed by atoms with E-state index in [1.54, 1.807) is 18.3 Å². The van der Waals surface area contributed by atoms with Crippen LogP contribution in [0.3, 0.4) is 0 Å². The van der Waals surface area contributed by atoms with E-state index in [-0.39, 0.29) is 5.91 Å². The number of hydrogen-bond acceptors (Lipinski definition) is 6. The lowest BCUT2D eigenvalue weighted by Crippen LogP contribution is -2.28. The summed E-state index contributed by atoms with van der Waals surface area (Å²) in [6.45, 7) is 1.02. The lowest BCUT2D eigenvalue weighted by molar-refractivity contribution is 0.0955. The molecule has 0 saturated heterocycles. The Labute approximate surface area is 159 Å². The fraction of sp³-hybridized carbons (Fsp3) is 0.111. The van der Waals surface area contributed by atoms with Gasteiger partial charge in [-0.15, -0.1) is 10.2 Å². The molecule has 3 N–H and O–H groups in total. The van der Waals surface area contributed by atoms with Crippen LogP contribution in [-0.2, 0) is 0 Å². The monoisotopic (exact) mass is 412 g/mol. The van der Waals surface area contributed by atoms with Crippen molar-refractivity contribution in [3.8, 4) is 0 Å². The summed E-state index contributed by atoms with van der Waals surface area (Å²) in [6, 6.07) is 16.4. The van der Waals surface area contributed by atoms with Gasteiger partial charge in [-0.2, -0.15) is 0 Å². The molecule has 3 rings (SSSR count). The SMILES string of the molecule is O=C(NCCNc1ccc(Nc2ccccn2)nn1)c1ccc(Br)cc1. The van der Waals surface area contributed by atoms with Crippen LogP contribution in [0, 0.1) is 0 Å². The van der Waals surface area contributed by atoms with E-state index < -0.39 is 0 Å². The highest BCUT2D eigenvalue weighted by Crippen LogP contribution is 2.12. The maximum atomic E-state index is 12.0. The maximum absolute atomic E-state index is 12.0. The predicted octanol–water partition coefficient (Wildman–Crippen LogP) is 3.22. The van der Waals surface area contributed by atoms with Crippen LogP contribution >= 0.6 is 15.9 Å². The van der Waals surface area contributed by atoms with Crippen molar-refractivity contribution in [1.29, 1.82) is 0 Å². The van der Waals surface area contributed by atoms with Gasteiger partial charge in [-0.25, -0.2) is 4.98 Å². The van der Waals surface area contributed by atoms with Crippen molar-refractivity contribution in [2.75, 3.05) is 23.7 Å². The second-order valence-corrected chi connectivity index (χ2v) is 6.25. The molecule has 1 aromatic carbocycles. The van der Waals surface area contributed by atoms with E-state index in [2.05, 4.69) is 47.1 Å². The van der Waals surface area contributed by atoms with Crippen LogP contribution in [0.1, 0.15) is 10.4 Å². The van der Waals surface area contributed by atoms with Gasteiger partial charge in [0, 0.05) is 29.3 Å². The molecule has 7 nitrogen and oxygen atoms in total. The third-order valence-electron chi connectivity index (χ3n) is 3.41. The molecule has 0 bridgehead atoms. The van der Waals surface area contributed by atoms with Gasteiger partial charge in [-0.05, 0) is 48.5 Å². The fourth-order valence-corrected chi connectivity index (χ4v) is 2.40. The standard InChI is InChI=1S/C18H17BrN6O/c19-14-6-4-13(5-7-14)18(26)22-12-11-21-16-8-9-17(25-24-16)23-15-3-1-2-10-20-15/h1-10H,11-12H2,(H,21,24)(H,22,26)(H,20,23,25). The number of hydrogen-bond donors (Lipinski definition) is 3. The summed E-state index contributed by atoms with van der Waals surface area (Å²) in [4.78, 5) is 16.2. The Morgan fingerprint density at radius 2 is 1.65 bits per heavy atom. The summed E-state index contributed by atoms with van der Waals surface area (Å²) in [6.07, 6.45) is 1.70. The number of pyridine rings is 1. The van der Waals surface area contributed by atoms with Gasteiger partial charge in [-0.1, -0.05) is 22.0 Å². The molecule has 26 heavy (non-hydrogen) atoms. The second kappa shape index (κ2) is 8.91. The summed E-state index contributed by atoms with van der Waals surface area (Å²) < 4.78 is 0.940. The largest absolute Gasteiger partial charge is 0.367 e. The van der Waals surface area contributed by atoms with Crippen molar-refractivity contribution < 1.29 is 4.79 Å². The third-order valence-corrected chi connectivity index (χ3v) is 3.94. The van der Waals surface area contributed by atoms with E-state index in [0.717, 1.165) is 4.47 Å². The Hall–Kier alpha value is -3.00. The number of benzene rings is 1. The number of aromatic nitrogens is 3. The fourth-order valence-electron chi connectivity index (χ4n) is 2.13. The summed E-state index contributed by atoms with van der Waals surface area (Å²) >= 11 is 3.35. The summed E-state index contributed by atoms with van der Waals surface area (Å²) in [7, 11) is 0. The first-order valence-corrected chi connectivity index (χ1v) is 8.79. The molecule has 0 atom stereocenters. The highest BCUT2D eigenvalue weighted by Gasteiger charge is 2.04. The summed E-state index contributed by atoms with van der Waals surface area (Å²) in [5.41, 5.74) is 0.623. The van der Waals surface area contributed by atoms with Crippen molar-refractivity contribution in [2.45, 2.75) is 0 Å². The molecule has 3 aromatic rings. The highest BCUT2D eigenvalue weighted by molar-refractivity contribution is 9.10. The minimum atomic E-state index is -0.111. The molecule has 8 heteroatoms. The van der Waals surface area contributed by atoms with Crippen molar-refractivity contribution in [2.24, 2.45) is 0 Å². The van der Waals surface area contributed by atoms with E-state index in [1.165, 1.54) is 0 Å². The molecule has 0 radical (unpaired) electrons. The number of nitrogens with zero attached hydrogens (tertiary/aromatic N) is 3. The average Bonchev–Trinajstić information content (AvgIpc) is 2.68. The van der Waals surface area contributed by atoms with Gasteiger partial charge < -0.3 is 16.0 Å². The molecule has 2 aromatic heterocycles. The first-order chi connectivity index (χ1) is 12.7. The van der Waals surface area contributed by atoms with Gasteiger partial charge in [0.05, 0.1) is 0 Å². The van der Waals surface area contributed by atoms with E-state index in [4.69, 9.17) is 0 Å². The summed E-state index contributed by atoms with van der Waals surface area (Å²) in [5, 5.41) is 17.2. The predicted molar refractivity (Wildman–Crippen MR) is 105 cm³/mol. The smallest absolute Gasteiger partial charge is 0.251 e. The van der Waals surface area contributed by atoms with Crippen LogP contribution < -0.4 is 16.0 Å². The normalized spacial score (nSPS) is 10.2. The van der Waals surface area contributed by atoms with Gasteiger partial charge in [0.15, 0.2) is 5.82 Å². The van der Waals surface area contributed by atoms with Crippen molar-refractivity contribution in [3.63, 3.8) is 0 Å². The topological polar surface area (TPSA) is 91.8 Å². The van der Waals surface area contributed by atoms with Crippen LogP contribution in [0.25, 0.3) is 0 Å². The minimum absolute atomic E-state index is 0.111. The number of rotatable bonds is 7. The Morgan fingerprint density at radius 3 is 2.35 bits per heavy atom. The molecule has 0 spiro atoms. The first kappa shape index (κ1) is 17.8. The van der Waals surface area contributed by atoms with Crippen LogP contribution in [-0.4, -0.2) is 34.2 Å². The number of halogens is 1. The molecule has 132 valence electrons. The van der Waals surface area contributed by atoms with Crippen LogP contribution in [0.2, 0.25) is 0 Å². The molecule has 0 unspecified atom stereocenters. The quantitative estimate of drug-likeness (QED) is 0.516. The van der Waals surface area contributed by atoms with E-state index in [1.807, 2.05) is 42.5 Å². The van der Waals surface area contributed by atoms with Gasteiger partial charge in [0.25, 0.3) is 5.91 Å². The van der Waals surface area contributed by atoms with Gasteiger partial charge in [-0.3, -0.25) is 4.79 Å². The van der Waals surface area contributed by atoms with E-state index >= 15 is 0 Å². The molecule has 1 amide bonds. The second-order valence-electron chi connectivity index (χ2n) is 5.33. The van der Waals surface area contributed by atoms with Crippen LogP contribution in [0.5, 0.6) is 0 Å². The zero-order chi connectivity index (χ0) is 18.2. The molecular weight excluding hydrogens is 396 g/mol. The van der Waals surface area contributed by atoms with Crippen molar-refractivity contribution in [1.82, 2.24) is 20.5 Å². The van der Waals surface area contributed by atoms with Crippen molar-refractivity contribution in [3.05, 3.63) is 70.8 Å². The van der Waals surface area contributed by atoms with Crippen LogP contribution in [0.15, 0.2) is 65.3 Å². The number of nitrogens with one attached hydrogen (secondary N) is 3. The van der Waals surface area contributed by atoms with Gasteiger partial charge >= 0.3 is 0 Å². The Morgan fingerprint density at radius 1 is 0.885 bits per heavy atom. The maximum Gasteiger partial charge on any atom is 0.251 e. The highest BCUT2D eigenvalue weighted by atomic mass is 79.9. The molecule has 0 fully saturated rings. The van der Waals surface area contributed by atoms with Gasteiger partial charge in [0.1, 0.15) is 11.6 Å². The lowest BCUT2D eigenvalue weighted by Gasteiger charge is -2.08. The number of carbonyl (C=O) groups excluding carboxylic acids is 1. The Kier molecular flexibility index (Phi) is 6.10. The average molecular weight is 413 g/mol. The molecule has 0 saturated carbocycles. The molecule has 2 heterocycles. The molecular formula is C18H17BrN6O. The minimum Gasteiger partial charge on any atom is -0.367 e. The van der Waals surface area contributed by atoms with Crippen molar-refractivity contribution >= 4 is 39.3 Å². The number of amides is 1. The zero-order valence-corrected chi connectivity index (χ0v) is 15.4. The Balaban J connectivity index is 1.42. The molecule has 0 aliphatic heterocycles. The zero-order valence-electron chi connectivity index (χ0n) is 13.8. The number of carbonyl (C=O) groups is 1.